The summed E-state index contributed by atoms with van der Waals surface area (Å²) in [7, 11) is 1.59. The molecule has 0 aromatic rings. The van der Waals surface area contributed by atoms with Gasteiger partial charge in [-0.2, -0.15) is 0 Å². The van der Waals surface area contributed by atoms with Crippen LogP contribution < -0.4 is 10.6 Å². The van der Waals surface area contributed by atoms with Gasteiger partial charge in [0.05, 0.1) is 12.7 Å². The van der Waals surface area contributed by atoms with Crippen molar-refractivity contribution >= 4 is 5.91 Å². The molecule has 15 heavy (non-hydrogen) atoms. The van der Waals surface area contributed by atoms with Gasteiger partial charge < -0.3 is 20.8 Å². The number of amides is 1. The van der Waals surface area contributed by atoms with Crippen LogP contribution >= 0.6 is 0 Å². The van der Waals surface area contributed by atoms with E-state index in [1.165, 1.54) is 0 Å². The Morgan fingerprint density at radius 3 is 3.07 bits per heavy atom. The van der Waals surface area contributed by atoms with Crippen molar-refractivity contribution in [2.24, 2.45) is 0 Å². The maximum Gasteiger partial charge on any atom is 0.238 e. The van der Waals surface area contributed by atoms with Crippen molar-refractivity contribution in [1.82, 2.24) is 15.5 Å². The summed E-state index contributed by atoms with van der Waals surface area (Å²) >= 11 is 0. The second-order valence-corrected chi connectivity index (χ2v) is 3.67. The first-order valence-electron chi connectivity index (χ1n) is 5.14. The fourth-order valence-electron chi connectivity index (χ4n) is 1.72. The first-order chi connectivity index (χ1) is 7.19. The molecule has 0 spiro atoms. The van der Waals surface area contributed by atoms with Gasteiger partial charge in [0.15, 0.2) is 0 Å². The molecule has 6 nitrogen and oxygen atoms in total. The molecule has 0 radical (unpaired) electrons. The number of nitrogens with zero attached hydrogens (tertiary/aromatic N) is 1. The molecule has 1 heterocycles. The maximum atomic E-state index is 11.5. The summed E-state index contributed by atoms with van der Waals surface area (Å²) in [5.41, 5.74) is 0. The number of likely N-dealkylation sites (N-methyl/N-ethyl adjacent to an activating group) is 1. The number of aliphatic hydroxyl groups is 2. The van der Waals surface area contributed by atoms with E-state index >= 15 is 0 Å². The lowest BCUT2D eigenvalue weighted by Crippen LogP contribution is -2.59. The van der Waals surface area contributed by atoms with Crippen molar-refractivity contribution in [3.8, 4) is 0 Å². The summed E-state index contributed by atoms with van der Waals surface area (Å²) < 4.78 is 0. The summed E-state index contributed by atoms with van der Waals surface area (Å²) in [6, 6.07) is -0.259. The second-order valence-electron chi connectivity index (χ2n) is 3.67. The molecule has 0 aromatic heterocycles. The van der Waals surface area contributed by atoms with Crippen LogP contribution in [0.3, 0.4) is 0 Å². The fourth-order valence-corrected chi connectivity index (χ4v) is 1.72. The van der Waals surface area contributed by atoms with Crippen LogP contribution in [0.5, 0.6) is 0 Å². The Balaban J connectivity index is 2.53. The van der Waals surface area contributed by atoms with Crippen LogP contribution in [0.4, 0.5) is 0 Å². The smallest absolute Gasteiger partial charge is 0.238 e. The van der Waals surface area contributed by atoms with Gasteiger partial charge in [0, 0.05) is 33.2 Å². The number of nitrogens with one attached hydrogen (secondary N) is 2. The van der Waals surface area contributed by atoms with Gasteiger partial charge in [-0.3, -0.25) is 9.69 Å². The van der Waals surface area contributed by atoms with Gasteiger partial charge in [-0.1, -0.05) is 0 Å². The third-order valence-electron chi connectivity index (χ3n) is 2.56. The summed E-state index contributed by atoms with van der Waals surface area (Å²) in [5, 5.41) is 23.8. The highest BCUT2D eigenvalue weighted by Gasteiger charge is 2.28. The van der Waals surface area contributed by atoms with Gasteiger partial charge >= 0.3 is 0 Å². The Morgan fingerprint density at radius 1 is 1.73 bits per heavy atom. The van der Waals surface area contributed by atoms with E-state index in [9.17, 15) is 9.90 Å². The van der Waals surface area contributed by atoms with Gasteiger partial charge in [0.2, 0.25) is 5.91 Å². The van der Waals surface area contributed by atoms with E-state index in [-0.39, 0.29) is 18.6 Å². The average Bonchev–Trinajstić information content (AvgIpc) is 2.28. The highest BCUT2D eigenvalue weighted by Crippen LogP contribution is 2.04. The number of rotatable bonds is 4. The van der Waals surface area contributed by atoms with Crippen molar-refractivity contribution in [1.29, 1.82) is 0 Å². The molecule has 1 rings (SSSR count). The Morgan fingerprint density at radius 2 is 2.47 bits per heavy atom. The number of β-amino-alcohol motifs (C(OH)–C–C–N with tert-alkyl or cyclic N) is 1. The highest BCUT2D eigenvalue weighted by molar-refractivity contribution is 5.81. The minimum atomic E-state index is -0.782. The largest absolute Gasteiger partial charge is 0.394 e. The topological polar surface area (TPSA) is 84.8 Å². The lowest BCUT2D eigenvalue weighted by atomic mass is 10.1. The number of hydrogen-bond acceptors (Lipinski definition) is 5. The molecule has 6 heteroatoms. The first kappa shape index (κ1) is 12.4. The summed E-state index contributed by atoms with van der Waals surface area (Å²) in [6.45, 7) is 2.14. The van der Waals surface area contributed by atoms with Crippen LogP contribution in [0.2, 0.25) is 0 Å². The lowest BCUT2D eigenvalue weighted by Gasteiger charge is -2.35. The predicted molar refractivity (Wildman–Crippen MR) is 55.4 cm³/mol. The second kappa shape index (κ2) is 6.02. The van der Waals surface area contributed by atoms with Crippen molar-refractivity contribution in [2.75, 3.05) is 39.8 Å². The minimum Gasteiger partial charge on any atom is -0.394 e. The number of piperazine rings is 1. The van der Waals surface area contributed by atoms with Gasteiger partial charge in [0.1, 0.15) is 6.04 Å². The summed E-state index contributed by atoms with van der Waals surface area (Å²) in [4.78, 5) is 13.4. The van der Waals surface area contributed by atoms with E-state index in [4.69, 9.17) is 5.11 Å². The molecule has 0 aliphatic carbocycles. The average molecular weight is 217 g/mol. The van der Waals surface area contributed by atoms with E-state index in [2.05, 4.69) is 10.6 Å². The lowest BCUT2D eigenvalue weighted by molar-refractivity contribution is -0.127. The van der Waals surface area contributed by atoms with Gasteiger partial charge in [0.25, 0.3) is 0 Å². The van der Waals surface area contributed by atoms with Gasteiger partial charge in [-0.05, 0) is 0 Å². The number of aliphatic hydroxyl groups excluding tert-OH is 2. The first-order valence-corrected chi connectivity index (χ1v) is 5.14. The van der Waals surface area contributed by atoms with Crippen LogP contribution in [0.1, 0.15) is 0 Å². The van der Waals surface area contributed by atoms with Gasteiger partial charge in [-0.25, -0.2) is 0 Å². The fraction of sp³-hybridized carbons (Fsp3) is 0.889. The van der Waals surface area contributed by atoms with Crippen LogP contribution in [0, 0.1) is 0 Å². The molecule has 4 N–H and O–H groups in total. The van der Waals surface area contributed by atoms with E-state index in [0.717, 1.165) is 6.54 Å². The third kappa shape index (κ3) is 3.42. The third-order valence-corrected chi connectivity index (χ3v) is 2.56. The summed E-state index contributed by atoms with van der Waals surface area (Å²) in [5.74, 6) is -0.0626. The van der Waals surface area contributed by atoms with Crippen molar-refractivity contribution < 1.29 is 15.0 Å². The molecule has 0 saturated carbocycles. The molecule has 88 valence electrons. The van der Waals surface area contributed by atoms with E-state index in [0.29, 0.717) is 19.6 Å². The molecule has 1 aliphatic rings. The van der Waals surface area contributed by atoms with Crippen LogP contribution in [0.25, 0.3) is 0 Å². The van der Waals surface area contributed by atoms with E-state index in [1.54, 1.807) is 7.05 Å². The predicted octanol–water partition coefficient (Wildman–Crippen LogP) is -2.64. The number of hydrogen-bond donors (Lipinski definition) is 4. The molecular formula is C9H19N3O3. The maximum absolute atomic E-state index is 11.5. The van der Waals surface area contributed by atoms with Crippen molar-refractivity contribution in [2.45, 2.75) is 12.1 Å². The summed E-state index contributed by atoms with van der Waals surface area (Å²) in [6.07, 6.45) is -0.782. The molecule has 0 aromatic carbocycles. The van der Waals surface area contributed by atoms with Crippen LogP contribution in [-0.4, -0.2) is 73.0 Å². The molecule has 0 bridgehead atoms. The van der Waals surface area contributed by atoms with Crippen molar-refractivity contribution in [3.63, 3.8) is 0 Å². The van der Waals surface area contributed by atoms with Crippen LogP contribution in [-0.2, 0) is 4.79 Å². The zero-order valence-electron chi connectivity index (χ0n) is 8.94. The van der Waals surface area contributed by atoms with Crippen molar-refractivity contribution in [3.05, 3.63) is 0 Å². The molecule has 1 aliphatic heterocycles. The van der Waals surface area contributed by atoms with Gasteiger partial charge in [-0.15, -0.1) is 0 Å². The zero-order valence-corrected chi connectivity index (χ0v) is 8.94. The minimum absolute atomic E-state index is 0.0626. The normalized spacial score (nSPS) is 24.9. The molecule has 1 saturated heterocycles. The quantitative estimate of drug-likeness (QED) is 0.414. The zero-order chi connectivity index (χ0) is 11.3. The Bertz CT molecular complexity index is 213. The molecular weight excluding hydrogens is 198 g/mol. The molecule has 1 amide bonds. The molecule has 2 unspecified atom stereocenters. The van der Waals surface area contributed by atoms with E-state index in [1.807, 2.05) is 4.90 Å². The Labute approximate surface area is 89.3 Å². The standard InChI is InChI=1S/C9H19N3O3/c1-10-9(15)8-4-11-2-3-12(8)5-7(14)6-13/h7-8,11,13-14H,2-6H2,1H3,(H,10,15). The van der Waals surface area contributed by atoms with Crippen LogP contribution in [0.15, 0.2) is 0 Å². The number of carbonyl (C=O) groups is 1. The number of carbonyl (C=O) groups excluding carboxylic acids is 1. The Hall–Kier alpha value is -0.690. The van der Waals surface area contributed by atoms with E-state index < -0.39 is 6.10 Å². The SMILES string of the molecule is CNC(=O)C1CNCCN1CC(O)CO. The highest BCUT2D eigenvalue weighted by atomic mass is 16.3. The Kier molecular flexibility index (Phi) is 4.97. The monoisotopic (exact) mass is 217 g/mol. The molecule has 1 fully saturated rings. The molecule has 2 atom stereocenters.